The van der Waals surface area contributed by atoms with E-state index in [1.54, 1.807) is 0 Å². The summed E-state index contributed by atoms with van der Waals surface area (Å²) in [5, 5.41) is 3.85. The zero-order valence-corrected chi connectivity index (χ0v) is 18.0. The van der Waals surface area contributed by atoms with Gasteiger partial charge in [-0.3, -0.25) is 4.79 Å². The molecule has 28 heavy (non-hydrogen) atoms. The fraction of sp³-hybridized carbons (Fsp3) is 0.222. The van der Waals surface area contributed by atoms with Gasteiger partial charge in [0.25, 0.3) is 5.91 Å². The standard InChI is InChI=1S/C18H20BrN3O5S/c1-22(12-18(23)21-20-11-13-6-4-5-7-15(13)19)28(24,25)14-8-9-16(26-2)17(10-14)27-3/h4-11H,12H2,1-3H3,(H,21,23)/b20-11-. The minimum Gasteiger partial charge on any atom is -0.493 e. The summed E-state index contributed by atoms with van der Waals surface area (Å²) in [5.74, 6) is 0.109. The highest BCUT2D eigenvalue weighted by atomic mass is 79.9. The predicted octanol–water partition coefficient (Wildman–Crippen LogP) is 2.24. The molecule has 0 spiro atoms. The van der Waals surface area contributed by atoms with E-state index in [-0.39, 0.29) is 10.6 Å². The molecule has 2 aromatic carbocycles. The van der Waals surface area contributed by atoms with Crippen molar-refractivity contribution in [2.24, 2.45) is 5.10 Å². The number of ether oxygens (including phenoxy) is 2. The van der Waals surface area contributed by atoms with Crippen molar-refractivity contribution < 1.29 is 22.7 Å². The third-order valence-electron chi connectivity index (χ3n) is 3.73. The van der Waals surface area contributed by atoms with Crippen molar-refractivity contribution in [3.8, 4) is 11.5 Å². The molecule has 0 radical (unpaired) electrons. The largest absolute Gasteiger partial charge is 0.493 e. The molecule has 150 valence electrons. The SMILES string of the molecule is COc1ccc(S(=O)(=O)N(C)CC(=O)N/N=C\c2ccccc2Br)cc1OC. The van der Waals surface area contributed by atoms with Crippen LogP contribution in [0.1, 0.15) is 5.56 Å². The van der Waals surface area contributed by atoms with Crippen LogP contribution in [0.4, 0.5) is 0 Å². The number of rotatable bonds is 8. The van der Waals surface area contributed by atoms with E-state index in [9.17, 15) is 13.2 Å². The Morgan fingerprint density at radius 2 is 1.86 bits per heavy atom. The Balaban J connectivity index is 2.05. The summed E-state index contributed by atoms with van der Waals surface area (Å²) in [6.07, 6.45) is 1.46. The van der Waals surface area contributed by atoms with Crippen molar-refractivity contribution in [1.82, 2.24) is 9.73 Å². The van der Waals surface area contributed by atoms with Gasteiger partial charge in [-0.05, 0) is 18.2 Å². The van der Waals surface area contributed by atoms with Crippen LogP contribution in [0.2, 0.25) is 0 Å². The third-order valence-corrected chi connectivity index (χ3v) is 6.25. The van der Waals surface area contributed by atoms with Crippen molar-refractivity contribution in [1.29, 1.82) is 0 Å². The number of nitrogens with one attached hydrogen (secondary N) is 1. The molecule has 0 bridgehead atoms. The number of hydrazone groups is 1. The van der Waals surface area contributed by atoms with Gasteiger partial charge in [0.05, 0.1) is 31.9 Å². The smallest absolute Gasteiger partial charge is 0.255 e. The number of carbonyl (C=O) groups excluding carboxylic acids is 1. The topological polar surface area (TPSA) is 97.3 Å². The number of amides is 1. The molecule has 2 rings (SSSR count). The fourth-order valence-corrected chi connectivity index (χ4v) is 3.76. The lowest BCUT2D eigenvalue weighted by Crippen LogP contribution is -2.36. The number of benzene rings is 2. The summed E-state index contributed by atoms with van der Waals surface area (Å²) >= 11 is 3.37. The van der Waals surface area contributed by atoms with E-state index in [0.29, 0.717) is 5.75 Å². The zero-order valence-electron chi connectivity index (χ0n) is 15.5. The van der Waals surface area contributed by atoms with Gasteiger partial charge < -0.3 is 9.47 Å². The lowest BCUT2D eigenvalue weighted by atomic mass is 10.2. The molecule has 0 aliphatic rings. The Hall–Kier alpha value is -2.43. The molecule has 1 N–H and O–H groups in total. The maximum Gasteiger partial charge on any atom is 0.255 e. The highest BCUT2D eigenvalue weighted by Gasteiger charge is 2.24. The Morgan fingerprint density at radius 1 is 1.18 bits per heavy atom. The average Bonchev–Trinajstić information content (AvgIpc) is 2.68. The van der Waals surface area contributed by atoms with E-state index in [4.69, 9.17) is 9.47 Å². The van der Waals surface area contributed by atoms with Gasteiger partial charge in [0.2, 0.25) is 10.0 Å². The molecule has 0 heterocycles. The highest BCUT2D eigenvalue weighted by molar-refractivity contribution is 9.10. The lowest BCUT2D eigenvalue weighted by Gasteiger charge is -2.17. The van der Waals surface area contributed by atoms with Gasteiger partial charge in [-0.15, -0.1) is 0 Å². The maximum absolute atomic E-state index is 12.7. The van der Waals surface area contributed by atoms with E-state index in [1.807, 2.05) is 24.3 Å². The average molecular weight is 470 g/mol. The van der Waals surface area contributed by atoms with E-state index in [2.05, 4.69) is 26.5 Å². The number of methoxy groups -OCH3 is 2. The van der Waals surface area contributed by atoms with Crippen LogP contribution in [0.5, 0.6) is 11.5 Å². The van der Waals surface area contributed by atoms with Gasteiger partial charge >= 0.3 is 0 Å². The Bertz CT molecular complexity index is 979. The molecule has 0 saturated carbocycles. The number of likely N-dealkylation sites (N-methyl/N-ethyl adjacent to an activating group) is 1. The van der Waals surface area contributed by atoms with Crippen LogP contribution >= 0.6 is 15.9 Å². The van der Waals surface area contributed by atoms with Crippen LogP contribution in [0, 0.1) is 0 Å². The van der Waals surface area contributed by atoms with Crippen molar-refractivity contribution >= 4 is 38.1 Å². The van der Waals surface area contributed by atoms with Crippen LogP contribution in [0.3, 0.4) is 0 Å². The van der Waals surface area contributed by atoms with Crippen molar-refractivity contribution in [3.05, 3.63) is 52.5 Å². The summed E-state index contributed by atoms with van der Waals surface area (Å²) in [6.45, 7) is -0.399. The summed E-state index contributed by atoms with van der Waals surface area (Å²) in [4.78, 5) is 12.0. The third kappa shape index (κ3) is 5.31. The lowest BCUT2D eigenvalue weighted by molar-refractivity contribution is -0.121. The van der Waals surface area contributed by atoms with Crippen molar-refractivity contribution in [2.75, 3.05) is 27.8 Å². The van der Waals surface area contributed by atoms with Gasteiger partial charge in [-0.1, -0.05) is 34.1 Å². The molecular formula is C18H20BrN3O5S. The van der Waals surface area contributed by atoms with E-state index >= 15 is 0 Å². The van der Waals surface area contributed by atoms with Gasteiger partial charge in [-0.25, -0.2) is 13.8 Å². The summed E-state index contributed by atoms with van der Waals surface area (Å²) < 4.78 is 37.3. The quantitative estimate of drug-likeness (QED) is 0.472. The molecule has 10 heteroatoms. The number of sulfonamides is 1. The van der Waals surface area contributed by atoms with Crippen LogP contribution in [0.15, 0.2) is 56.9 Å². The molecule has 0 saturated heterocycles. The van der Waals surface area contributed by atoms with Gasteiger partial charge in [0, 0.05) is 23.2 Å². The highest BCUT2D eigenvalue weighted by Crippen LogP contribution is 2.30. The Labute approximate surface area is 172 Å². The number of halogens is 1. The molecule has 0 aromatic heterocycles. The van der Waals surface area contributed by atoms with Gasteiger partial charge in [0.1, 0.15) is 0 Å². The summed E-state index contributed by atoms with van der Waals surface area (Å²) in [5.41, 5.74) is 3.08. The second-order valence-electron chi connectivity index (χ2n) is 5.59. The van der Waals surface area contributed by atoms with Gasteiger partial charge in [0.15, 0.2) is 11.5 Å². The molecule has 0 fully saturated rings. The number of nitrogens with zero attached hydrogens (tertiary/aromatic N) is 2. The minimum absolute atomic E-state index is 0.0165. The summed E-state index contributed by atoms with van der Waals surface area (Å²) in [7, 11) is 0.277. The molecule has 2 aromatic rings. The van der Waals surface area contributed by atoms with E-state index < -0.39 is 22.5 Å². The molecule has 0 unspecified atom stereocenters. The normalized spacial score (nSPS) is 11.6. The number of hydrogen-bond donors (Lipinski definition) is 1. The van der Waals surface area contributed by atoms with Crippen LogP contribution < -0.4 is 14.9 Å². The predicted molar refractivity (Wildman–Crippen MR) is 109 cm³/mol. The molecular weight excluding hydrogens is 450 g/mol. The first kappa shape index (κ1) is 21.9. The number of hydrogen-bond acceptors (Lipinski definition) is 6. The Morgan fingerprint density at radius 3 is 2.50 bits per heavy atom. The van der Waals surface area contributed by atoms with Crippen molar-refractivity contribution in [2.45, 2.75) is 4.90 Å². The minimum atomic E-state index is -3.90. The van der Waals surface area contributed by atoms with Crippen LogP contribution in [-0.4, -0.2) is 52.7 Å². The maximum atomic E-state index is 12.7. The van der Waals surface area contributed by atoms with Crippen LogP contribution in [-0.2, 0) is 14.8 Å². The molecule has 1 amide bonds. The second kappa shape index (κ2) is 9.67. The first-order chi connectivity index (χ1) is 13.3. The van der Waals surface area contributed by atoms with E-state index in [1.165, 1.54) is 45.7 Å². The molecule has 0 atom stereocenters. The Kier molecular flexibility index (Phi) is 7.55. The second-order valence-corrected chi connectivity index (χ2v) is 8.49. The summed E-state index contributed by atoms with van der Waals surface area (Å²) in [6, 6.07) is 11.6. The molecule has 0 aliphatic heterocycles. The van der Waals surface area contributed by atoms with E-state index in [0.717, 1.165) is 14.3 Å². The monoisotopic (exact) mass is 469 g/mol. The van der Waals surface area contributed by atoms with Crippen molar-refractivity contribution in [3.63, 3.8) is 0 Å². The molecule has 8 nitrogen and oxygen atoms in total. The first-order valence-corrected chi connectivity index (χ1v) is 10.3. The fourth-order valence-electron chi connectivity index (χ4n) is 2.23. The molecule has 0 aliphatic carbocycles. The number of carbonyl (C=O) groups is 1. The first-order valence-electron chi connectivity index (χ1n) is 8.04. The zero-order chi connectivity index (χ0) is 20.7. The van der Waals surface area contributed by atoms with Crippen LogP contribution in [0.25, 0.3) is 0 Å². The van der Waals surface area contributed by atoms with Gasteiger partial charge in [-0.2, -0.15) is 9.41 Å².